The number of unbranched alkanes of at least 4 members (excludes halogenated alkanes) is 5. The number of halogens is 1. The summed E-state index contributed by atoms with van der Waals surface area (Å²) in [6.07, 6.45) is 11.1. The van der Waals surface area contributed by atoms with Gasteiger partial charge in [0.05, 0.1) is 18.7 Å². The van der Waals surface area contributed by atoms with Crippen molar-refractivity contribution >= 4 is 11.6 Å². The summed E-state index contributed by atoms with van der Waals surface area (Å²) in [7, 11) is 0. The predicted octanol–water partition coefficient (Wildman–Crippen LogP) is 4.56. The van der Waals surface area contributed by atoms with E-state index in [1.807, 2.05) is 6.07 Å². The van der Waals surface area contributed by atoms with Gasteiger partial charge in [-0.1, -0.05) is 39.0 Å². The van der Waals surface area contributed by atoms with E-state index < -0.39 is 0 Å². The second-order valence-electron chi connectivity index (χ2n) is 4.23. The van der Waals surface area contributed by atoms with Crippen LogP contribution in [0.25, 0.3) is 0 Å². The van der Waals surface area contributed by atoms with Crippen LogP contribution in [0.2, 0.25) is 0 Å². The first-order valence-corrected chi connectivity index (χ1v) is 7.03. The molecule has 2 nitrogen and oxygen atoms in total. The van der Waals surface area contributed by atoms with Gasteiger partial charge in [0.15, 0.2) is 0 Å². The number of rotatable bonds is 9. The summed E-state index contributed by atoms with van der Waals surface area (Å²) in [5, 5.41) is 0. The van der Waals surface area contributed by atoms with Crippen molar-refractivity contribution in [1.29, 1.82) is 0 Å². The SMILES string of the molecule is CCCCCCCCOc1cnccc1CCl. The zero-order valence-electron chi connectivity index (χ0n) is 10.6. The maximum Gasteiger partial charge on any atom is 0.141 e. The van der Waals surface area contributed by atoms with E-state index in [9.17, 15) is 0 Å². The van der Waals surface area contributed by atoms with Crippen molar-refractivity contribution < 1.29 is 4.74 Å². The van der Waals surface area contributed by atoms with Gasteiger partial charge in [0.1, 0.15) is 5.75 Å². The molecule has 1 aromatic rings. The Morgan fingerprint density at radius 2 is 1.94 bits per heavy atom. The quantitative estimate of drug-likeness (QED) is 0.477. The molecule has 0 aliphatic rings. The van der Waals surface area contributed by atoms with E-state index in [2.05, 4.69) is 11.9 Å². The summed E-state index contributed by atoms with van der Waals surface area (Å²) in [5.74, 6) is 1.31. The lowest BCUT2D eigenvalue weighted by Gasteiger charge is -2.08. The number of ether oxygens (including phenoxy) is 1. The maximum atomic E-state index is 5.82. The average Bonchev–Trinajstić information content (AvgIpc) is 2.38. The monoisotopic (exact) mass is 255 g/mol. The smallest absolute Gasteiger partial charge is 0.141 e. The maximum absolute atomic E-state index is 5.82. The Balaban J connectivity index is 2.13. The van der Waals surface area contributed by atoms with Crippen LogP contribution < -0.4 is 4.74 Å². The fourth-order valence-electron chi connectivity index (χ4n) is 1.71. The molecule has 0 aliphatic carbocycles. The average molecular weight is 256 g/mol. The number of hydrogen-bond donors (Lipinski definition) is 0. The highest BCUT2D eigenvalue weighted by atomic mass is 35.5. The van der Waals surface area contributed by atoms with E-state index in [0.717, 1.165) is 24.3 Å². The summed E-state index contributed by atoms with van der Waals surface area (Å²) in [6.45, 7) is 3.00. The van der Waals surface area contributed by atoms with Gasteiger partial charge in [-0.3, -0.25) is 4.98 Å². The van der Waals surface area contributed by atoms with Crippen LogP contribution in [0.4, 0.5) is 0 Å². The molecule has 0 fully saturated rings. The molecule has 96 valence electrons. The van der Waals surface area contributed by atoms with Gasteiger partial charge in [-0.25, -0.2) is 0 Å². The van der Waals surface area contributed by atoms with Crippen LogP contribution in [0.5, 0.6) is 5.75 Å². The summed E-state index contributed by atoms with van der Waals surface area (Å²) < 4.78 is 5.69. The third-order valence-electron chi connectivity index (χ3n) is 2.77. The van der Waals surface area contributed by atoms with E-state index in [-0.39, 0.29) is 0 Å². The molecule has 3 heteroatoms. The molecule has 0 saturated heterocycles. The Bertz CT molecular complexity index is 304. The van der Waals surface area contributed by atoms with Gasteiger partial charge in [-0.15, -0.1) is 11.6 Å². The lowest BCUT2D eigenvalue weighted by Crippen LogP contribution is -2.00. The second kappa shape index (κ2) is 9.29. The van der Waals surface area contributed by atoms with Crippen LogP contribution in [-0.2, 0) is 5.88 Å². The van der Waals surface area contributed by atoms with Crippen molar-refractivity contribution in [1.82, 2.24) is 4.98 Å². The molecule has 0 radical (unpaired) electrons. The second-order valence-corrected chi connectivity index (χ2v) is 4.50. The van der Waals surface area contributed by atoms with Crippen LogP contribution >= 0.6 is 11.6 Å². The molecular weight excluding hydrogens is 234 g/mol. The summed E-state index contributed by atoms with van der Waals surface area (Å²) in [5.41, 5.74) is 1.02. The van der Waals surface area contributed by atoms with Crippen LogP contribution in [0.1, 0.15) is 51.0 Å². The predicted molar refractivity (Wildman–Crippen MR) is 72.7 cm³/mol. The van der Waals surface area contributed by atoms with Gasteiger partial charge in [-0.05, 0) is 12.5 Å². The van der Waals surface area contributed by atoms with Crippen molar-refractivity contribution in [3.05, 3.63) is 24.0 Å². The summed E-state index contributed by atoms with van der Waals surface area (Å²) in [4.78, 5) is 4.05. The van der Waals surface area contributed by atoms with Crippen LogP contribution in [0.3, 0.4) is 0 Å². The van der Waals surface area contributed by atoms with Crippen molar-refractivity contribution in [2.24, 2.45) is 0 Å². The number of aromatic nitrogens is 1. The van der Waals surface area contributed by atoms with Gasteiger partial charge >= 0.3 is 0 Å². The molecule has 1 aromatic heterocycles. The highest BCUT2D eigenvalue weighted by Crippen LogP contribution is 2.18. The van der Waals surface area contributed by atoms with Crippen LogP contribution in [0.15, 0.2) is 18.5 Å². The van der Waals surface area contributed by atoms with Gasteiger partial charge in [-0.2, -0.15) is 0 Å². The molecule has 0 unspecified atom stereocenters. The van der Waals surface area contributed by atoms with Gasteiger partial charge in [0.25, 0.3) is 0 Å². The normalized spacial score (nSPS) is 10.5. The molecule has 0 atom stereocenters. The molecule has 0 bridgehead atoms. The standard InChI is InChI=1S/C14H22ClNO/c1-2-3-4-5-6-7-10-17-14-12-16-9-8-13(14)11-15/h8-9,12H,2-7,10-11H2,1H3. The van der Waals surface area contributed by atoms with Gasteiger partial charge in [0.2, 0.25) is 0 Å². The third kappa shape index (κ3) is 5.92. The van der Waals surface area contributed by atoms with E-state index in [1.54, 1.807) is 12.4 Å². The fourth-order valence-corrected chi connectivity index (χ4v) is 1.93. The minimum atomic E-state index is 0.481. The van der Waals surface area contributed by atoms with Crippen LogP contribution in [-0.4, -0.2) is 11.6 Å². The first kappa shape index (κ1) is 14.3. The topological polar surface area (TPSA) is 22.1 Å². The molecule has 0 aliphatic heterocycles. The molecule has 0 aromatic carbocycles. The van der Waals surface area contributed by atoms with Crippen molar-refractivity contribution in [2.75, 3.05) is 6.61 Å². The van der Waals surface area contributed by atoms with Crippen LogP contribution in [0, 0.1) is 0 Å². The Hall–Kier alpha value is -0.760. The fraction of sp³-hybridized carbons (Fsp3) is 0.643. The Morgan fingerprint density at radius 1 is 1.18 bits per heavy atom. The van der Waals surface area contributed by atoms with E-state index >= 15 is 0 Å². The van der Waals surface area contributed by atoms with Crippen molar-refractivity contribution in [2.45, 2.75) is 51.3 Å². The van der Waals surface area contributed by atoms with Gasteiger partial charge in [0, 0.05) is 11.8 Å². The largest absolute Gasteiger partial charge is 0.492 e. The molecule has 17 heavy (non-hydrogen) atoms. The third-order valence-corrected chi connectivity index (χ3v) is 3.06. The van der Waals surface area contributed by atoms with Gasteiger partial charge < -0.3 is 4.74 Å². The van der Waals surface area contributed by atoms with Crippen molar-refractivity contribution in [3.63, 3.8) is 0 Å². The number of nitrogens with zero attached hydrogens (tertiary/aromatic N) is 1. The molecule has 0 amide bonds. The highest BCUT2D eigenvalue weighted by Gasteiger charge is 2.01. The highest BCUT2D eigenvalue weighted by molar-refractivity contribution is 6.17. The lowest BCUT2D eigenvalue weighted by atomic mass is 10.1. The van der Waals surface area contributed by atoms with E-state index in [4.69, 9.17) is 16.3 Å². The zero-order valence-corrected chi connectivity index (χ0v) is 11.4. The Morgan fingerprint density at radius 3 is 2.71 bits per heavy atom. The summed E-state index contributed by atoms with van der Waals surface area (Å²) in [6, 6.07) is 1.91. The van der Waals surface area contributed by atoms with E-state index in [0.29, 0.717) is 5.88 Å². The zero-order chi connectivity index (χ0) is 12.3. The first-order valence-electron chi connectivity index (χ1n) is 6.50. The molecular formula is C14H22ClNO. The molecule has 1 rings (SSSR count). The molecule has 0 spiro atoms. The number of pyridine rings is 1. The minimum Gasteiger partial charge on any atom is -0.492 e. The Labute approximate surface area is 109 Å². The lowest BCUT2D eigenvalue weighted by molar-refractivity contribution is 0.301. The number of hydrogen-bond acceptors (Lipinski definition) is 2. The summed E-state index contributed by atoms with van der Waals surface area (Å²) >= 11 is 5.82. The first-order chi connectivity index (χ1) is 8.38. The Kier molecular flexibility index (Phi) is 7.81. The van der Waals surface area contributed by atoms with Crippen molar-refractivity contribution in [3.8, 4) is 5.75 Å². The van der Waals surface area contributed by atoms with E-state index in [1.165, 1.54) is 32.1 Å². The molecule has 1 heterocycles. The molecule has 0 N–H and O–H groups in total. The number of alkyl halides is 1. The molecule has 0 saturated carbocycles. The minimum absolute atomic E-state index is 0.481.